The molecule has 1 aliphatic rings. The van der Waals surface area contributed by atoms with Crippen LogP contribution >= 0.6 is 0 Å². The maximum atomic E-state index is 13.4. The molecule has 4 rings (SSSR count). The van der Waals surface area contributed by atoms with Gasteiger partial charge in [-0.25, -0.2) is 9.97 Å². The van der Waals surface area contributed by atoms with E-state index in [1.807, 2.05) is 24.8 Å². The molecule has 1 N–H and O–H groups in total. The number of aromatic nitrogens is 4. The number of benzene rings is 1. The second kappa shape index (κ2) is 9.32. The van der Waals surface area contributed by atoms with Crippen LogP contribution in [0.2, 0.25) is 0 Å². The van der Waals surface area contributed by atoms with Gasteiger partial charge in [-0.15, -0.1) is 0 Å². The first-order chi connectivity index (χ1) is 16.2. The van der Waals surface area contributed by atoms with E-state index in [-0.39, 0.29) is 12.5 Å². The van der Waals surface area contributed by atoms with Crippen LogP contribution in [0.5, 0.6) is 0 Å². The normalized spacial score (nSPS) is 14.4. The van der Waals surface area contributed by atoms with Crippen LogP contribution in [0.15, 0.2) is 36.7 Å². The van der Waals surface area contributed by atoms with Gasteiger partial charge in [0.2, 0.25) is 11.9 Å². The predicted octanol–water partition coefficient (Wildman–Crippen LogP) is 3.37. The first-order valence-corrected chi connectivity index (χ1v) is 10.9. The Kier molecular flexibility index (Phi) is 6.45. The molecule has 3 heterocycles. The van der Waals surface area contributed by atoms with Crippen LogP contribution in [0, 0.1) is 13.8 Å². The molecule has 0 unspecified atom stereocenters. The van der Waals surface area contributed by atoms with Crippen LogP contribution in [0.1, 0.15) is 17.0 Å². The first kappa shape index (κ1) is 23.5. The average molecular weight is 474 g/mol. The second-order valence-corrected chi connectivity index (χ2v) is 8.23. The fourth-order valence-corrected chi connectivity index (χ4v) is 4.08. The third kappa shape index (κ3) is 4.97. The third-order valence-electron chi connectivity index (χ3n) is 5.87. The summed E-state index contributed by atoms with van der Waals surface area (Å²) in [7, 11) is 1.67. The van der Waals surface area contributed by atoms with Crippen molar-refractivity contribution in [1.82, 2.24) is 24.6 Å². The van der Waals surface area contributed by atoms with Gasteiger partial charge in [0.05, 0.1) is 11.3 Å². The van der Waals surface area contributed by atoms with Crippen LogP contribution in [0.4, 0.5) is 24.8 Å². The topological polar surface area (TPSA) is 79.2 Å². The molecular formula is C23H26F3N7O. The molecule has 0 atom stereocenters. The number of carbonyl (C=O) groups is 1. The van der Waals surface area contributed by atoms with E-state index in [9.17, 15) is 18.0 Å². The Morgan fingerprint density at radius 3 is 2.29 bits per heavy atom. The molecule has 0 spiro atoms. The van der Waals surface area contributed by atoms with Gasteiger partial charge in [0.25, 0.3) is 0 Å². The molecule has 0 aliphatic carbocycles. The summed E-state index contributed by atoms with van der Waals surface area (Å²) in [5.41, 5.74) is 2.59. The summed E-state index contributed by atoms with van der Waals surface area (Å²) in [5, 5.41) is 7.14. The molecule has 8 nitrogen and oxygen atoms in total. The molecular weight excluding hydrogens is 447 g/mol. The number of alkyl halides is 3. The molecule has 11 heteroatoms. The number of hydrogen-bond donors (Lipinski definition) is 1. The molecule has 34 heavy (non-hydrogen) atoms. The van der Waals surface area contributed by atoms with Gasteiger partial charge in [-0.2, -0.15) is 18.3 Å². The van der Waals surface area contributed by atoms with Gasteiger partial charge >= 0.3 is 6.18 Å². The van der Waals surface area contributed by atoms with Crippen molar-refractivity contribution >= 4 is 17.5 Å². The van der Waals surface area contributed by atoms with E-state index in [4.69, 9.17) is 0 Å². The summed E-state index contributed by atoms with van der Waals surface area (Å²) >= 11 is 0. The highest BCUT2D eigenvalue weighted by atomic mass is 19.4. The number of amides is 1. The van der Waals surface area contributed by atoms with Gasteiger partial charge in [-0.3, -0.25) is 9.48 Å². The maximum absolute atomic E-state index is 13.4. The highest BCUT2D eigenvalue weighted by Crippen LogP contribution is 2.37. The Hall–Kier alpha value is -3.63. The molecule has 1 aromatic carbocycles. The lowest BCUT2D eigenvalue weighted by Crippen LogP contribution is -2.49. The van der Waals surface area contributed by atoms with Crippen LogP contribution < -0.4 is 10.2 Å². The number of halogens is 3. The molecule has 1 amide bonds. The van der Waals surface area contributed by atoms with Gasteiger partial charge in [0, 0.05) is 68.1 Å². The van der Waals surface area contributed by atoms with Crippen LogP contribution in [-0.2, 0) is 17.5 Å². The van der Waals surface area contributed by atoms with Gasteiger partial charge in [-0.05, 0) is 38.1 Å². The minimum Gasteiger partial charge on any atom is -0.367 e. The fraction of sp³-hybridized carbons (Fsp3) is 0.391. The highest BCUT2D eigenvalue weighted by Gasteiger charge is 2.32. The van der Waals surface area contributed by atoms with Gasteiger partial charge < -0.3 is 15.1 Å². The van der Waals surface area contributed by atoms with E-state index in [0.29, 0.717) is 48.9 Å². The minimum absolute atomic E-state index is 0.0328. The van der Waals surface area contributed by atoms with Gasteiger partial charge in [0.1, 0.15) is 6.54 Å². The number of piperazine rings is 1. The number of anilines is 2. The minimum atomic E-state index is -4.47. The largest absolute Gasteiger partial charge is 0.416 e. The van der Waals surface area contributed by atoms with E-state index in [1.54, 1.807) is 16.6 Å². The van der Waals surface area contributed by atoms with Crippen LogP contribution in [0.3, 0.4) is 0 Å². The Bertz CT molecular complexity index is 1170. The zero-order valence-electron chi connectivity index (χ0n) is 19.2. The summed E-state index contributed by atoms with van der Waals surface area (Å²) in [6.45, 7) is 5.88. The summed E-state index contributed by atoms with van der Waals surface area (Å²) in [6.07, 6.45) is -1.45. The molecule has 1 saturated heterocycles. The standard InChI is InChI=1S/C23H26F3N7O/c1-15-10-16(2)33(30-15)14-21(34)32-8-6-31(7-9-32)20-5-4-18(23(24,25)26)11-19(20)17-12-28-22(27-3)29-13-17/h4-5,10-13H,6-9,14H2,1-3H3,(H,27,28,29). The number of hydrogen-bond acceptors (Lipinski definition) is 6. The van der Waals surface area contributed by atoms with E-state index >= 15 is 0 Å². The molecule has 0 saturated carbocycles. The molecule has 0 radical (unpaired) electrons. The number of carbonyl (C=O) groups excluding carboxylic acids is 1. The Balaban J connectivity index is 1.53. The van der Waals surface area contributed by atoms with Crippen LogP contribution in [-0.4, -0.2) is 63.8 Å². The summed E-state index contributed by atoms with van der Waals surface area (Å²) < 4.78 is 41.9. The van der Waals surface area contributed by atoms with Crippen molar-refractivity contribution in [3.63, 3.8) is 0 Å². The Labute approximate surface area is 195 Å². The molecule has 1 fully saturated rings. The second-order valence-electron chi connectivity index (χ2n) is 8.23. The number of nitrogens with one attached hydrogen (secondary N) is 1. The van der Waals surface area contributed by atoms with Crippen molar-refractivity contribution in [3.05, 3.63) is 53.6 Å². The molecule has 1 aliphatic heterocycles. The molecule has 0 bridgehead atoms. The summed E-state index contributed by atoms with van der Waals surface area (Å²) in [4.78, 5) is 24.8. The van der Waals surface area contributed by atoms with Crippen molar-refractivity contribution < 1.29 is 18.0 Å². The average Bonchev–Trinajstić information content (AvgIpc) is 3.14. The smallest absolute Gasteiger partial charge is 0.367 e. The lowest BCUT2D eigenvalue weighted by atomic mass is 10.0. The zero-order chi connectivity index (χ0) is 24.5. The predicted molar refractivity (Wildman–Crippen MR) is 123 cm³/mol. The van der Waals surface area contributed by atoms with E-state index in [0.717, 1.165) is 23.5 Å². The SMILES string of the molecule is CNc1ncc(-c2cc(C(F)(F)F)ccc2N2CCN(C(=O)Cn3nc(C)cc3C)CC2)cn1. The Morgan fingerprint density at radius 2 is 1.74 bits per heavy atom. The molecule has 2 aromatic heterocycles. The zero-order valence-corrected chi connectivity index (χ0v) is 19.2. The fourth-order valence-electron chi connectivity index (χ4n) is 4.08. The summed E-state index contributed by atoms with van der Waals surface area (Å²) in [6, 6.07) is 5.62. The lowest BCUT2D eigenvalue weighted by Gasteiger charge is -2.37. The number of rotatable bonds is 5. The maximum Gasteiger partial charge on any atom is 0.416 e. The Morgan fingerprint density at radius 1 is 1.06 bits per heavy atom. The van der Waals surface area contributed by atoms with E-state index in [2.05, 4.69) is 20.4 Å². The monoisotopic (exact) mass is 473 g/mol. The van der Waals surface area contributed by atoms with Gasteiger partial charge in [0.15, 0.2) is 0 Å². The number of aryl methyl sites for hydroxylation is 2. The van der Waals surface area contributed by atoms with E-state index < -0.39 is 11.7 Å². The highest BCUT2D eigenvalue weighted by molar-refractivity contribution is 5.80. The lowest BCUT2D eigenvalue weighted by molar-refractivity contribution is -0.137. The molecule has 180 valence electrons. The molecule has 3 aromatic rings. The van der Waals surface area contributed by atoms with Crippen molar-refractivity contribution in [1.29, 1.82) is 0 Å². The van der Waals surface area contributed by atoms with Crippen molar-refractivity contribution in [2.24, 2.45) is 0 Å². The van der Waals surface area contributed by atoms with Crippen molar-refractivity contribution in [2.75, 3.05) is 43.4 Å². The van der Waals surface area contributed by atoms with E-state index in [1.165, 1.54) is 18.5 Å². The first-order valence-electron chi connectivity index (χ1n) is 10.9. The third-order valence-corrected chi connectivity index (χ3v) is 5.87. The van der Waals surface area contributed by atoms with Crippen LogP contribution in [0.25, 0.3) is 11.1 Å². The van der Waals surface area contributed by atoms with Gasteiger partial charge in [-0.1, -0.05) is 0 Å². The number of nitrogens with zero attached hydrogens (tertiary/aromatic N) is 6. The summed E-state index contributed by atoms with van der Waals surface area (Å²) in [5.74, 6) is 0.349. The van der Waals surface area contributed by atoms with Crippen molar-refractivity contribution in [2.45, 2.75) is 26.6 Å². The quantitative estimate of drug-likeness (QED) is 0.612. The van der Waals surface area contributed by atoms with Crippen molar-refractivity contribution in [3.8, 4) is 11.1 Å².